The molecular weight excluding hydrogens is 388 g/mol. The van der Waals surface area contributed by atoms with Crippen molar-refractivity contribution in [2.75, 3.05) is 6.61 Å². The predicted molar refractivity (Wildman–Crippen MR) is 112 cm³/mol. The largest absolute Gasteiger partial charge is 0.396 e. The first-order valence-electron chi connectivity index (χ1n) is 9.82. The molecule has 7 heteroatoms. The Bertz CT molecular complexity index is 739. The first kappa shape index (κ1) is 22.1. The van der Waals surface area contributed by atoms with Crippen LogP contribution in [0.15, 0.2) is 60.7 Å². The van der Waals surface area contributed by atoms with Gasteiger partial charge in [-0.05, 0) is 15.4 Å². The summed E-state index contributed by atoms with van der Waals surface area (Å²) in [6.07, 6.45) is -6.49. The number of rotatable bonds is 5. The van der Waals surface area contributed by atoms with Crippen molar-refractivity contribution in [2.24, 2.45) is 0 Å². The highest BCUT2D eigenvalue weighted by atomic mass is 28.4. The first-order valence-corrected chi connectivity index (χ1v) is 11.7. The monoisotopic (exact) mass is 418 g/mol. The quantitative estimate of drug-likeness (QED) is 0.524. The van der Waals surface area contributed by atoms with Gasteiger partial charge in [0.1, 0.15) is 24.4 Å². The van der Waals surface area contributed by atoms with Crippen molar-refractivity contribution in [1.29, 1.82) is 0 Å². The number of hydrogen-bond acceptors (Lipinski definition) is 6. The maximum Gasteiger partial charge on any atom is 0.261 e. The van der Waals surface area contributed by atoms with E-state index in [1.807, 2.05) is 60.7 Å². The average Bonchev–Trinajstić information content (AvgIpc) is 2.71. The van der Waals surface area contributed by atoms with Crippen molar-refractivity contribution in [2.45, 2.75) is 56.5 Å². The Balaban J connectivity index is 2.14. The summed E-state index contributed by atoms with van der Waals surface area (Å²) in [6, 6.07) is 19.6. The van der Waals surface area contributed by atoms with Gasteiger partial charge in [0.05, 0.1) is 6.61 Å². The van der Waals surface area contributed by atoms with Crippen LogP contribution in [0.3, 0.4) is 0 Å². The highest BCUT2D eigenvalue weighted by molar-refractivity contribution is 6.99. The molecule has 0 aliphatic carbocycles. The molecule has 1 aliphatic heterocycles. The maximum atomic E-state index is 10.7. The molecule has 0 amide bonds. The third-order valence-electron chi connectivity index (χ3n) is 5.57. The number of benzene rings is 2. The number of ether oxygens (including phenoxy) is 1. The van der Waals surface area contributed by atoms with Crippen LogP contribution in [-0.2, 0) is 9.16 Å². The molecule has 2 aromatic rings. The standard InChI is InChI=1S/C22H30O6Si/c1-22(2,3)29(15-10-6-4-7-11-15,16-12-8-5-9-13-16)28-20-19(25)18(24)17(14-23)27-21(20)26/h4-13,17-21,23-26H,14H2,1-3H3/t17-,18+,19-,20-,21?/m0/s1. The van der Waals surface area contributed by atoms with E-state index in [0.717, 1.165) is 10.4 Å². The van der Waals surface area contributed by atoms with E-state index in [4.69, 9.17) is 9.16 Å². The van der Waals surface area contributed by atoms with Gasteiger partial charge in [0, 0.05) is 0 Å². The Labute approximate surface area is 172 Å². The van der Waals surface area contributed by atoms with Gasteiger partial charge >= 0.3 is 0 Å². The van der Waals surface area contributed by atoms with E-state index in [2.05, 4.69) is 20.8 Å². The van der Waals surface area contributed by atoms with Crippen LogP contribution in [0, 0.1) is 0 Å². The molecule has 29 heavy (non-hydrogen) atoms. The lowest BCUT2D eigenvalue weighted by molar-refractivity contribution is -0.282. The molecule has 0 spiro atoms. The Morgan fingerprint density at radius 3 is 1.76 bits per heavy atom. The molecule has 1 fully saturated rings. The summed E-state index contributed by atoms with van der Waals surface area (Å²) < 4.78 is 12.0. The van der Waals surface area contributed by atoms with E-state index in [1.54, 1.807) is 0 Å². The molecule has 4 N–H and O–H groups in total. The molecule has 158 valence electrons. The third kappa shape index (κ3) is 4.04. The second kappa shape index (κ2) is 8.65. The number of aliphatic hydroxyl groups is 4. The van der Waals surface area contributed by atoms with Gasteiger partial charge in [-0.3, -0.25) is 0 Å². The van der Waals surface area contributed by atoms with Gasteiger partial charge in [-0.15, -0.1) is 0 Å². The normalized spacial score (nSPS) is 28.3. The minimum absolute atomic E-state index is 0.367. The molecule has 5 atom stereocenters. The van der Waals surface area contributed by atoms with Crippen molar-refractivity contribution in [3.05, 3.63) is 60.7 Å². The lowest BCUT2D eigenvalue weighted by atomic mass is 9.99. The zero-order valence-electron chi connectivity index (χ0n) is 17.0. The summed E-state index contributed by atoms with van der Waals surface area (Å²) in [5, 5.41) is 42.6. The highest BCUT2D eigenvalue weighted by Gasteiger charge is 2.55. The molecule has 1 heterocycles. The smallest absolute Gasteiger partial charge is 0.261 e. The van der Waals surface area contributed by atoms with Gasteiger partial charge in [-0.1, -0.05) is 81.4 Å². The topological polar surface area (TPSA) is 99.4 Å². The second-order valence-electron chi connectivity index (χ2n) is 8.47. The van der Waals surface area contributed by atoms with Crippen LogP contribution < -0.4 is 10.4 Å². The minimum Gasteiger partial charge on any atom is -0.396 e. The molecule has 2 aromatic carbocycles. The lowest BCUT2D eigenvalue weighted by Gasteiger charge is -2.49. The van der Waals surface area contributed by atoms with Crippen molar-refractivity contribution in [3.63, 3.8) is 0 Å². The summed E-state index contributed by atoms with van der Waals surface area (Å²) >= 11 is 0. The molecule has 1 aliphatic rings. The number of hydrogen-bond donors (Lipinski definition) is 4. The van der Waals surface area contributed by atoms with Crippen molar-refractivity contribution < 1.29 is 29.6 Å². The minimum atomic E-state index is -3.06. The van der Waals surface area contributed by atoms with Crippen LogP contribution in [-0.4, -0.2) is 66.1 Å². The highest BCUT2D eigenvalue weighted by Crippen LogP contribution is 2.39. The average molecular weight is 419 g/mol. The SMILES string of the molecule is CC(C)(C)[Si](O[C@@H]1C(O)O[C@@H](CO)[C@@H](O)[C@@H]1O)(c1ccccc1)c1ccccc1. The van der Waals surface area contributed by atoms with E-state index < -0.39 is 45.6 Å². The van der Waals surface area contributed by atoms with Crippen LogP contribution in [0.25, 0.3) is 0 Å². The van der Waals surface area contributed by atoms with Crippen molar-refractivity contribution in [3.8, 4) is 0 Å². The van der Waals surface area contributed by atoms with E-state index >= 15 is 0 Å². The van der Waals surface area contributed by atoms with Crippen LogP contribution in [0.1, 0.15) is 20.8 Å². The fourth-order valence-electron chi connectivity index (χ4n) is 4.09. The lowest BCUT2D eigenvalue weighted by Crippen LogP contribution is -2.71. The molecule has 6 nitrogen and oxygen atoms in total. The van der Waals surface area contributed by atoms with Gasteiger partial charge in [-0.2, -0.15) is 0 Å². The van der Waals surface area contributed by atoms with E-state index in [0.29, 0.717) is 0 Å². The molecule has 0 aromatic heterocycles. The fraction of sp³-hybridized carbons (Fsp3) is 0.455. The van der Waals surface area contributed by atoms with Gasteiger partial charge in [-0.25, -0.2) is 0 Å². The van der Waals surface area contributed by atoms with Gasteiger partial charge < -0.3 is 29.6 Å². The van der Waals surface area contributed by atoms with Crippen LogP contribution in [0.5, 0.6) is 0 Å². The summed E-state index contributed by atoms with van der Waals surface area (Å²) in [5.41, 5.74) is 0. The van der Waals surface area contributed by atoms with Gasteiger partial charge in [0.2, 0.25) is 0 Å². The summed E-state index contributed by atoms with van der Waals surface area (Å²) in [6.45, 7) is 5.72. The van der Waals surface area contributed by atoms with Crippen LogP contribution >= 0.6 is 0 Å². The summed E-state index contributed by atoms with van der Waals surface area (Å²) in [7, 11) is -3.06. The Kier molecular flexibility index (Phi) is 6.60. The maximum absolute atomic E-state index is 10.7. The molecule has 0 bridgehead atoms. The Hall–Kier alpha value is -1.58. The zero-order valence-corrected chi connectivity index (χ0v) is 18.0. The molecule has 1 unspecified atom stereocenters. The number of aliphatic hydroxyl groups excluding tert-OH is 4. The molecular formula is C22H30O6Si. The molecule has 3 rings (SSSR count). The molecule has 0 radical (unpaired) electrons. The van der Waals surface area contributed by atoms with Crippen LogP contribution in [0.2, 0.25) is 5.04 Å². The molecule has 0 saturated carbocycles. The predicted octanol–water partition coefficient (Wildman–Crippen LogP) is 0.363. The van der Waals surface area contributed by atoms with E-state index in [-0.39, 0.29) is 5.04 Å². The first-order chi connectivity index (χ1) is 13.7. The Morgan fingerprint density at radius 1 is 0.862 bits per heavy atom. The van der Waals surface area contributed by atoms with Crippen molar-refractivity contribution >= 4 is 18.7 Å². The second-order valence-corrected chi connectivity index (χ2v) is 12.7. The summed E-state index contributed by atoms with van der Waals surface area (Å²) in [5.74, 6) is 0. The zero-order chi connectivity index (χ0) is 21.2. The fourth-order valence-corrected chi connectivity index (χ4v) is 8.77. The molecule has 1 saturated heterocycles. The third-order valence-corrected chi connectivity index (χ3v) is 10.6. The van der Waals surface area contributed by atoms with Crippen molar-refractivity contribution in [1.82, 2.24) is 0 Å². The summed E-state index contributed by atoms with van der Waals surface area (Å²) in [4.78, 5) is 0. The Morgan fingerprint density at radius 2 is 1.34 bits per heavy atom. The van der Waals surface area contributed by atoms with E-state index in [1.165, 1.54) is 0 Å². The van der Waals surface area contributed by atoms with Crippen LogP contribution in [0.4, 0.5) is 0 Å². The van der Waals surface area contributed by atoms with E-state index in [9.17, 15) is 20.4 Å². The van der Waals surface area contributed by atoms with Gasteiger partial charge in [0.25, 0.3) is 8.32 Å². The van der Waals surface area contributed by atoms with Gasteiger partial charge in [0.15, 0.2) is 6.29 Å².